The summed E-state index contributed by atoms with van der Waals surface area (Å²) in [5.41, 5.74) is 1.56. The van der Waals surface area contributed by atoms with Crippen LogP contribution in [-0.2, 0) is 19.3 Å². The van der Waals surface area contributed by atoms with Crippen LogP contribution < -0.4 is 0 Å². The molecule has 0 atom stereocenters. The summed E-state index contributed by atoms with van der Waals surface area (Å²) in [6.07, 6.45) is 6.85. The smallest absolute Gasteiger partial charge is 0.0625 e. The van der Waals surface area contributed by atoms with E-state index in [0.717, 1.165) is 6.42 Å². The van der Waals surface area contributed by atoms with Crippen LogP contribution in [0, 0.1) is 11.3 Å². The summed E-state index contributed by atoms with van der Waals surface area (Å²) in [5, 5.41) is 8.49. The summed E-state index contributed by atoms with van der Waals surface area (Å²) in [4.78, 5) is 2.99. The molecular formula is C11H13NS. The lowest BCUT2D eigenvalue weighted by Gasteiger charge is -2.08. The van der Waals surface area contributed by atoms with Gasteiger partial charge in [0.2, 0.25) is 0 Å². The topological polar surface area (TPSA) is 23.8 Å². The van der Waals surface area contributed by atoms with Crippen molar-refractivity contribution in [3.8, 4) is 6.07 Å². The molecule has 68 valence electrons. The first-order valence-corrected chi connectivity index (χ1v) is 5.69. The highest BCUT2D eigenvalue weighted by Crippen LogP contribution is 2.30. The second kappa shape index (κ2) is 3.93. The second-order valence-corrected chi connectivity index (χ2v) is 4.75. The fourth-order valence-corrected chi connectivity index (χ4v) is 3.11. The van der Waals surface area contributed by atoms with Crippen molar-refractivity contribution in [1.82, 2.24) is 0 Å². The third kappa shape index (κ3) is 1.92. The average Bonchev–Trinajstić information content (AvgIpc) is 2.57. The molecule has 0 fully saturated rings. The highest BCUT2D eigenvalue weighted by atomic mass is 32.1. The van der Waals surface area contributed by atoms with Gasteiger partial charge in [0, 0.05) is 16.2 Å². The Morgan fingerprint density at radius 1 is 1.38 bits per heavy atom. The second-order valence-electron chi connectivity index (χ2n) is 3.53. The fourth-order valence-electron chi connectivity index (χ4n) is 1.85. The number of fused-ring (bicyclic) bond motifs is 1. The Hall–Kier alpha value is -0.810. The molecule has 0 saturated heterocycles. The van der Waals surface area contributed by atoms with Crippen LogP contribution in [0.5, 0.6) is 0 Å². The number of nitrogens with zero attached hydrogens (tertiary/aromatic N) is 1. The number of nitriles is 1. The van der Waals surface area contributed by atoms with Crippen LogP contribution >= 0.6 is 11.3 Å². The molecule has 0 spiro atoms. The van der Waals surface area contributed by atoms with E-state index in [0.29, 0.717) is 6.42 Å². The maximum atomic E-state index is 8.49. The van der Waals surface area contributed by atoms with Crippen molar-refractivity contribution in [3.05, 3.63) is 21.4 Å². The minimum atomic E-state index is 0.666. The third-order valence-electron chi connectivity index (χ3n) is 2.53. The van der Waals surface area contributed by atoms with Gasteiger partial charge in [0.25, 0.3) is 0 Å². The molecule has 0 amide bonds. The van der Waals surface area contributed by atoms with Crippen LogP contribution in [0.15, 0.2) is 6.07 Å². The van der Waals surface area contributed by atoms with Crippen LogP contribution in [0.2, 0.25) is 0 Å². The van der Waals surface area contributed by atoms with E-state index in [1.54, 1.807) is 10.4 Å². The standard InChI is InChI=1S/C11H13NS/c12-7-3-5-10-8-9-4-1-2-6-11(9)13-10/h8H,1-6H2. The van der Waals surface area contributed by atoms with Crippen LogP contribution in [-0.4, -0.2) is 0 Å². The van der Waals surface area contributed by atoms with E-state index in [-0.39, 0.29) is 0 Å². The molecule has 13 heavy (non-hydrogen) atoms. The molecule has 0 N–H and O–H groups in total. The molecule has 2 heteroatoms. The van der Waals surface area contributed by atoms with Gasteiger partial charge >= 0.3 is 0 Å². The maximum absolute atomic E-state index is 8.49. The first-order valence-electron chi connectivity index (χ1n) is 4.87. The number of thiophene rings is 1. The van der Waals surface area contributed by atoms with E-state index in [9.17, 15) is 0 Å². The number of hydrogen-bond acceptors (Lipinski definition) is 2. The molecule has 1 aliphatic carbocycles. The van der Waals surface area contributed by atoms with Gasteiger partial charge in [-0.1, -0.05) is 0 Å². The van der Waals surface area contributed by atoms with Crippen molar-refractivity contribution in [1.29, 1.82) is 5.26 Å². The van der Waals surface area contributed by atoms with Gasteiger partial charge in [-0.3, -0.25) is 0 Å². The lowest BCUT2D eigenvalue weighted by molar-refractivity contribution is 0.697. The number of rotatable bonds is 2. The van der Waals surface area contributed by atoms with Gasteiger partial charge in [-0.25, -0.2) is 0 Å². The van der Waals surface area contributed by atoms with Gasteiger partial charge in [-0.15, -0.1) is 11.3 Å². The minimum absolute atomic E-state index is 0.666. The van der Waals surface area contributed by atoms with Crippen molar-refractivity contribution in [2.24, 2.45) is 0 Å². The summed E-state index contributed by atoms with van der Waals surface area (Å²) in [6.45, 7) is 0. The van der Waals surface area contributed by atoms with Crippen LogP contribution in [0.4, 0.5) is 0 Å². The van der Waals surface area contributed by atoms with Crippen LogP contribution in [0.1, 0.15) is 34.6 Å². The van der Waals surface area contributed by atoms with Crippen molar-refractivity contribution in [2.45, 2.75) is 38.5 Å². The zero-order chi connectivity index (χ0) is 9.10. The van der Waals surface area contributed by atoms with Gasteiger partial charge in [-0.2, -0.15) is 5.26 Å². The van der Waals surface area contributed by atoms with Gasteiger partial charge in [-0.05, 0) is 43.7 Å². The largest absolute Gasteiger partial charge is 0.198 e. The quantitative estimate of drug-likeness (QED) is 0.704. The van der Waals surface area contributed by atoms with E-state index in [1.165, 1.54) is 30.6 Å². The molecule has 1 aromatic rings. The van der Waals surface area contributed by atoms with E-state index < -0.39 is 0 Å². The van der Waals surface area contributed by atoms with Crippen LogP contribution in [0.25, 0.3) is 0 Å². The Kier molecular flexibility index (Phi) is 2.65. The van der Waals surface area contributed by atoms with E-state index in [1.807, 2.05) is 11.3 Å². The van der Waals surface area contributed by atoms with Crippen molar-refractivity contribution in [3.63, 3.8) is 0 Å². The van der Waals surface area contributed by atoms with E-state index >= 15 is 0 Å². The molecule has 0 aromatic carbocycles. The highest BCUT2D eigenvalue weighted by molar-refractivity contribution is 7.12. The molecule has 1 aromatic heterocycles. The fraction of sp³-hybridized carbons (Fsp3) is 0.545. The molecular weight excluding hydrogens is 178 g/mol. The van der Waals surface area contributed by atoms with Gasteiger partial charge < -0.3 is 0 Å². The Bertz CT molecular complexity index is 309. The zero-order valence-corrected chi connectivity index (χ0v) is 8.49. The molecule has 0 unspecified atom stereocenters. The highest BCUT2D eigenvalue weighted by Gasteiger charge is 2.12. The van der Waals surface area contributed by atoms with Crippen molar-refractivity contribution < 1.29 is 0 Å². The first-order chi connectivity index (χ1) is 6.40. The third-order valence-corrected chi connectivity index (χ3v) is 3.83. The Labute approximate surface area is 83.0 Å². The van der Waals surface area contributed by atoms with Crippen LogP contribution in [0.3, 0.4) is 0 Å². The molecule has 1 nitrogen and oxygen atoms in total. The Morgan fingerprint density at radius 2 is 2.23 bits per heavy atom. The molecule has 0 aliphatic heterocycles. The number of hydrogen-bond donors (Lipinski definition) is 0. The van der Waals surface area contributed by atoms with E-state index in [4.69, 9.17) is 5.26 Å². The predicted octanol–water partition coefficient (Wildman–Crippen LogP) is 3.08. The first kappa shape index (κ1) is 8.77. The lowest BCUT2D eigenvalue weighted by Crippen LogP contribution is -1.96. The lowest BCUT2D eigenvalue weighted by atomic mass is 9.99. The molecule has 1 heterocycles. The van der Waals surface area contributed by atoms with Crippen molar-refractivity contribution in [2.75, 3.05) is 0 Å². The zero-order valence-electron chi connectivity index (χ0n) is 7.68. The molecule has 0 bridgehead atoms. The summed E-state index contributed by atoms with van der Waals surface area (Å²) in [7, 11) is 0. The summed E-state index contributed by atoms with van der Waals surface area (Å²) in [5.74, 6) is 0. The molecule has 2 rings (SSSR count). The summed E-state index contributed by atoms with van der Waals surface area (Å²) < 4.78 is 0. The van der Waals surface area contributed by atoms with Gasteiger partial charge in [0.1, 0.15) is 0 Å². The number of aryl methyl sites for hydroxylation is 3. The average molecular weight is 191 g/mol. The molecule has 1 aliphatic rings. The monoisotopic (exact) mass is 191 g/mol. The minimum Gasteiger partial charge on any atom is -0.198 e. The maximum Gasteiger partial charge on any atom is 0.0625 e. The SMILES string of the molecule is N#CCCc1cc2c(s1)CCCC2. The van der Waals surface area contributed by atoms with E-state index in [2.05, 4.69) is 12.1 Å². The van der Waals surface area contributed by atoms with Gasteiger partial charge in [0.05, 0.1) is 6.07 Å². The molecule has 0 radical (unpaired) electrons. The summed E-state index contributed by atoms with van der Waals surface area (Å²) in [6, 6.07) is 4.52. The normalized spacial score (nSPS) is 15.0. The summed E-state index contributed by atoms with van der Waals surface area (Å²) >= 11 is 1.92. The van der Waals surface area contributed by atoms with Gasteiger partial charge in [0.15, 0.2) is 0 Å². The Balaban J connectivity index is 2.12. The van der Waals surface area contributed by atoms with Crippen molar-refractivity contribution >= 4 is 11.3 Å². The molecule has 0 saturated carbocycles. The predicted molar refractivity (Wildman–Crippen MR) is 54.9 cm³/mol. The Morgan fingerprint density at radius 3 is 3.00 bits per heavy atom.